The molecule has 8 heteroatoms. The summed E-state index contributed by atoms with van der Waals surface area (Å²) in [4.78, 5) is 6.88. The summed E-state index contributed by atoms with van der Waals surface area (Å²) in [5.41, 5.74) is 5.37. The van der Waals surface area contributed by atoms with E-state index in [4.69, 9.17) is 18.0 Å². The lowest BCUT2D eigenvalue weighted by molar-refractivity contribution is 0.465. The fourth-order valence-corrected chi connectivity index (χ4v) is 2.93. The van der Waals surface area contributed by atoms with E-state index in [1.54, 1.807) is 6.92 Å². The number of aromatic amines is 1. The van der Waals surface area contributed by atoms with Crippen LogP contribution in [0.5, 0.6) is 0 Å². The average Bonchev–Trinajstić information content (AvgIpc) is 2.74. The van der Waals surface area contributed by atoms with Crippen LogP contribution in [0.2, 0.25) is 0 Å². The summed E-state index contributed by atoms with van der Waals surface area (Å²) in [6.45, 7) is 3.96. The Hall–Kier alpha value is -0.990. The van der Waals surface area contributed by atoms with Crippen LogP contribution in [0, 0.1) is 0 Å². The highest BCUT2D eigenvalue weighted by atomic mass is 32.2. The molecule has 0 radical (unpaired) electrons. The molecule has 0 amide bonds. The minimum atomic E-state index is -3.59. The number of nitrogens with two attached hydrogens (primary N) is 1. The van der Waals surface area contributed by atoms with Gasteiger partial charge in [-0.05, 0) is 0 Å². The molecule has 1 aromatic heterocycles. The summed E-state index contributed by atoms with van der Waals surface area (Å²) in [6.07, 6.45) is 1.97. The molecule has 0 aromatic carbocycles. The Kier molecular flexibility index (Phi) is 4.61. The highest BCUT2D eigenvalue weighted by molar-refractivity contribution is 7.89. The van der Waals surface area contributed by atoms with E-state index in [9.17, 15) is 8.42 Å². The van der Waals surface area contributed by atoms with Gasteiger partial charge in [-0.25, -0.2) is 13.4 Å². The van der Waals surface area contributed by atoms with Crippen LogP contribution in [0.4, 0.5) is 0 Å². The molecular weight excluding hydrogens is 260 g/mol. The first kappa shape index (κ1) is 14.1. The minimum absolute atomic E-state index is 0.0364. The van der Waals surface area contributed by atoms with E-state index < -0.39 is 10.0 Å². The van der Waals surface area contributed by atoms with Crippen molar-refractivity contribution in [2.24, 2.45) is 5.73 Å². The number of hydrogen-bond acceptors (Lipinski definition) is 4. The van der Waals surface area contributed by atoms with Crippen LogP contribution in [-0.2, 0) is 16.4 Å². The van der Waals surface area contributed by atoms with Gasteiger partial charge in [0.25, 0.3) is 10.0 Å². The molecule has 1 aromatic rings. The molecule has 96 valence electrons. The first-order chi connectivity index (χ1) is 7.91. The average molecular weight is 276 g/mol. The molecule has 17 heavy (non-hydrogen) atoms. The molecule has 0 bridgehead atoms. The second-order valence-electron chi connectivity index (χ2n) is 3.45. The third-order valence-electron chi connectivity index (χ3n) is 2.24. The molecule has 6 nitrogen and oxygen atoms in total. The largest absolute Gasteiger partial charge is 0.392 e. The smallest absolute Gasteiger partial charge is 0.260 e. The van der Waals surface area contributed by atoms with E-state index in [1.165, 1.54) is 10.5 Å². The van der Waals surface area contributed by atoms with E-state index in [0.717, 1.165) is 0 Å². The molecule has 0 atom stereocenters. The van der Waals surface area contributed by atoms with Crippen LogP contribution in [0.25, 0.3) is 0 Å². The molecule has 0 unspecified atom stereocenters. The predicted octanol–water partition coefficient (Wildman–Crippen LogP) is 0.269. The predicted molar refractivity (Wildman–Crippen MR) is 69.2 cm³/mol. The fraction of sp³-hybridized carbons (Fsp3) is 0.556. The lowest BCUT2D eigenvalue weighted by Crippen LogP contribution is -2.37. The Morgan fingerprint density at radius 1 is 1.59 bits per heavy atom. The van der Waals surface area contributed by atoms with Crippen molar-refractivity contribution in [1.29, 1.82) is 0 Å². The van der Waals surface area contributed by atoms with Crippen molar-refractivity contribution in [3.8, 4) is 0 Å². The molecule has 0 saturated heterocycles. The Labute approximate surface area is 106 Å². The van der Waals surface area contributed by atoms with Gasteiger partial charge in [-0.3, -0.25) is 0 Å². The molecule has 3 N–H and O–H groups in total. The lowest BCUT2D eigenvalue weighted by atomic mass is 10.5. The van der Waals surface area contributed by atoms with E-state index in [0.29, 0.717) is 18.8 Å². The summed E-state index contributed by atoms with van der Waals surface area (Å²) in [5.74, 6) is 0.634. The van der Waals surface area contributed by atoms with E-state index in [1.807, 2.05) is 6.92 Å². The molecule has 1 rings (SSSR count). The number of H-pyrrole nitrogens is 1. The molecule has 0 aliphatic rings. The topological polar surface area (TPSA) is 92.1 Å². The fourth-order valence-electron chi connectivity index (χ4n) is 1.33. The standard InChI is InChI=1S/C9H16N4O2S2/c1-3-8-11-5-9(12-8)17(14,15)13(4-2)6-7(10)16/h5H,3-4,6H2,1-2H3,(H2,10,16)(H,11,12). The highest BCUT2D eigenvalue weighted by Gasteiger charge is 2.25. The molecule has 0 fully saturated rings. The van der Waals surface area contributed by atoms with Gasteiger partial charge in [0.15, 0.2) is 5.03 Å². The molecule has 1 heterocycles. The number of thiocarbonyl (C=S) groups is 1. The van der Waals surface area contributed by atoms with Gasteiger partial charge < -0.3 is 10.7 Å². The maximum absolute atomic E-state index is 12.2. The highest BCUT2D eigenvalue weighted by Crippen LogP contribution is 2.13. The van der Waals surface area contributed by atoms with Crippen molar-refractivity contribution >= 4 is 27.2 Å². The zero-order valence-corrected chi connectivity index (χ0v) is 11.4. The van der Waals surface area contributed by atoms with Crippen LogP contribution < -0.4 is 5.73 Å². The number of aryl methyl sites for hydroxylation is 1. The van der Waals surface area contributed by atoms with Gasteiger partial charge >= 0.3 is 0 Å². The number of nitrogens with one attached hydrogen (secondary N) is 1. The minimum Gasteiger partial charge on any atom is -0.392 e. The zero-order chi connectivity index (χ0) is 13.1. The Morgan fingerprint density at radius 3 is 2.65 bits per heavy atom. The van der Waals surface area contributed by atoms with Crippen molar-refractivity contribution < 1.29 is 8.42 Å². The number of rotatable bonds is 6. The van der Waals surface area contributed by atoms with Crippen molar-refractivity contribution in [3.05, 3.63) is 12.0 Å². The van der Waals surface area contributed by atoms with Crippen LogP contribution >= 0.6 is 12.2 Å². The third kappa shape index (κ3) is 3.24. The number of hydrogen-bond donors (Lipinski definition) is 2. The van der Waals surface area contributed by atoms with E-state index in [2.05, 4.69) is 9.97 Å². The SMILES string of the molecule is CCc1ncc(S(=O)(=O)N(CC)CC(N)=S)[nH]1. The third-order valence-corrected chi connectivity index (χ3v) is 4.20. The normalized spacial score (nSPS) is 11.9. The van der Waals surface area contributed by atoms with Gasteiger partial charge in [-0.1, -0.05) is 26.1 Å². The first-order valence-electron chi connectivity index (χ1n) is 5.24. The van der Waals surface area contributed by atoms with Crippen molar-refractivity contribution in [2.75, 3.05) is 13.1 Å². The van der Waals surface area contributed by atoms with Gasteiger partial charge in [0.1, 0.15) is 5.82 Å². The molecule has 0 spiro atoms. The summed E-state index contributed by atoms with van der Waals surface area (Å²) in [6, 6.07) is 0. The van der Waals surface area contributed by atoms with E-state index >= 15 is 0 Å². The quantitative estimate of drug-likeness (QED) is 0.728. The Bertz CT molecular complexity index is 495. The summed E-state index contributed by atoms with van der Waals surface area (Å²) >= 11 is 4.73. The first-order valence-corrected chi connectivity index (χ1v) is 7.09. The van der Waals surface area contributed by atoms with Gasteiger partial charge in [-0.15, -0.1) is 0 Å². The summed E-state index contributed by atoms with van der Waals surface area (Å²) < 4.78 is 25.5. The second kappa shape index (κ2) is 5.56. The van der Waals surface area contributed by atoms with Crippen LogP contribution in [0.3, 0.4) is 0 Å². The molecule has 0 aliphatic carbocycles. The van der Waals surface area contributed by atoms with Crippen LogP contribution in [-0.4, -0.2) is 40.8 Å². The van der Waals surface area contributed by atoms with E-state index in [-0.39, 0.29) is 16.6 Å². The molecule has 0 saturated carbocycles. The molecule has 0 aliphatic heterocycles. The van der Waals surface area contributed by atoms with Crippen molar-refractivity contribution in [1.82, 2.24) is 14.3 Å². The van der Waals surface area contributed by atoms with Gasteiger partial charge in [0.2, 0.25) is 0 Å². The summed E-state index contributed by atoms with van der Waals surface area (Å²) in [7, 11) is -3.59. The maximum atomic E-state index is 12.2. The summed E-state index contributed by atoms with van der Waals surface area (Å²) in [5, 5.41) is 0.0763. The van der Waals surface area contributed by atoms with Crippen molar-refractivity contribution in [2.45, 2.75) is 25.3 Å². The second-order valence-corrected chi connectivity index (χ2v) is 5.88. The van der Waals surface area contributed by atoms with Crippen molar-refractivity contribution in [3.63, 3.8) is 0 Å². The van der Waals surface area contributed by atoms with Crippen LogP contribution in [0.1, 0.15) is 19.7 Å². The van der Waals surface area contributed by atoms with Gasteiger partial charge in [-0.2, -0.15) is 4.31 Å². The number of nitrogens with zero attached hydrogens (tertiary/aromatic N) is 2. The Morgan fingerprint density at radius 2 is 2.24 bits per heavy atom. The number of likely N-dealkylation sites (N-methyl/N-ethyl adjacent to an activating group) is 1. The maximum Gasteiger partial charge on any atom is 0.260 e. The Balaban J connectivity index is 3.03. The van der Waals surface area contributed by atoms with Gasteiger partial charge in [0.05, 0.1) is 17.7 Å². The lowest BCUT2D eigenvalue weighted by Gasteiger charge is -2.18. The van der Waals surface area contributed by atoms with Crippen LogP contribution in [0.15, 0.2) is 11.2 Å². The monoisotopic (exact) mass is 276 g/mol. The zero-order valence-electron chi connectivity index (χ0n) is 9.80. The number of aromatic nitrogens is 2. The molecular formula is C9H16N4O2S2. The number of sulfonamides is 1. The van der Waals surface area contributed by atoms with Gasteiger partial charge in [0, 0.05) is 13.0 Å². The number of imidazole rings is 1.